The first-order valence-electron chi connectivity index (χ1n) is 8.19. The van der Waals surface area contributed by atoms with E-state index in [2.05, 4.69) is 15.3 Å². The molecular weight excluding hydrogens is 368 g/mol. The molecule has 2 heterocycles. The Morgan fingerprint density at radius 1 is 1.19 bits per heavy atom. The molecule has 1 unspecified atom stereocenters. The van der Waals surface area contributed by atoms with Gasteiger partial charge in [0.05, 0.1) is 18.3 Å². The molecule has 2 amide bonds. The highest BCUT2D eigenvalue weighted by Crippen LogP contribution is 2.25. The SMILES string of the molecule is Cc1cccc(NC(=O)C2CSCN2C(=O)c2cnc(C(=O)O)cn2)c1C. The number of benzene rings is 1. The first-order valence-corrected chi connectivity index (χ1v) is 9.35. The summed E-state index contributed by atoms with van der Waals surface area (Å²) in [6.07, 6.45) is 2.15. The lowest BCUT2D eigenvalue weighted by atomic mass is 10.1. The molecule has 140 valence electrons. The van der Waals surface area contributed by atoms with Crippen molar-refractivity contribution in [1.82, 2.24) is 14.9 Å². The minimum Gasteiger partial charge on any atom is -0.476 e. The fraction of sp³-hybridized carbons (Fsp3) is 0.278. The molecule has 2 N–H and O–H groups in total. The summed E-state index contributed by atoms with van der Waals surface area (Å²) in [7, 11) is 0. The Bertz CT molecular complexity index is 901. The second kappa shape index (κ2) is 7.75. The van der Waals surface area contributed by atoms with E-state index >= 15 is 0 Å². The van der Waals surface area contributed by atoms with Gasteiger partial charge in [-0.25, -0.2) is 14.8 Å². The fourth-order valence-corrected chi connectivity index (χ4v) is 3.81. The van der Waals surface area contributed by atoms with Crippen LogP contribution in [0.2, 0.25) is 0 Å². The maximum atomic E-state index is 12.7. The van der Waals surface area contributed by atoms with Gasteiger partial charge < -0.3 is 15.3 Å². The highest BCUT2D eigenvalue weighted by atomic mass is 32.2. The standard InChI is InChI=1S/C18H18N4O4S/c1-10-4-3-5-12(11(10)2)21-16(23)15-8-27-9-22(15)17(24)13-6-20-14(7-19-13)18(25)26/h3-7,15H,8-9H2,1-2H3,(H,21,23)(H,25,26). The molecule has 1 aromatic carbocycles. The van der Waals surface area contributed by atoms with Crippen LogP contribution in [-0.2, 0) is 4.79 Å². The number of nitrogens with one attached hydrogen (secondary N) is 1. The van der Waals surface area contributed by atoms with Gasteiger partial charge in [0.25, 0.3) is 5.91 Å². The third kappa shape index (κ3) is 3.92. The molecule has 0 saturated carbocycles. The van der Waals surface area contributed by atoms with Gasteiger partial charge in [0.2, 0.25) is 5.91 Å². The highest BCUT2D eigenvalue weighted by Gasteiger charge is 2.36. The zero-order chi connectivity index (χ0) is 19.6. The van der Waals surface area contributed by atoms with E-state index in [1.54, 1.807) is 0 Å². The number of carbonyl (C=O) groups excluding carboxylic acids is 2. The summed E-state index contributed by atoms with van der Waals surface area (Å²) >= 11 is 1.47. The Morgan fingerprint density at radius 2 is 1.89 bits per heavy atom. The van der Waals surface area contributed by atoms with Gasteiger partial charge in [-0.3, -0.25) is 9.59 Å². The Morgan fingerprint density at radius 3 is 2.56 bits per heavy atom. The number of aromatic nitrogens is 2. The van der Waals surface area contributed by atoms with Gasteiger partial charge in [-0.05, 0) is 31.0 Å². The Labute approximate surface area is 160 Å². The van der Waals surface area contributed by atoms with Crippen molar-refractivity contribution in [3.8, 4) is 0 Å². The summed E-state index contributed by atoms with van der Waals surface area (Å²) in [4.78, 5) is 45.3. The number of aromatic carboxylic acids is 1. The molecule has 0 radical (unpaired) electrons. The maximum absolute atomic E-state index is 12.7. The van der Waals surface area contributed by atoms with E-state index < -0.39 is 17.9 Å². The van der Waals surface area contributed by atoms with Crippen molar-refractivity contribution in [1.29, 1.82) is 0 Å². The smallest absolute Gasteiger partial charge is 0.356 e. The van der Waals surface area contributed by atoms with Gasteiger partial charge in [-0.2, -0.15) is 0 Å². The zero-order valence-electron chi connectivity index (χ0n) is 14.8. The molecule has 9 heteroatoms. The summed E-state index contributed by atoms with van der Waals surface area (Å²) in [5.41, 5.74) is 2.52. The summed E-state index contributed by atoms with van der Waals surface area (Å²) in [5, 5.41) is 11.8. The molecule has 8 nitrogen and oxygen atoms in total. The van der Waals surface area contributed by atoms with Crippen LogP contribution in [0.15, 0.2) is 30.6 Å². The van der Waals surface area contributed by atoms with Crippen LogP contribution < -0.4 is 5.32 Å². The summed E-state index contributed by atoms with van der Waals surface area (Å²) in [5.74, 6) is -1.11. The number of thioether (sulfide) groups is 1. The van der Waals surface area contributed by atoms with Crippen LogP contribution in [-0.4, -0.2) is 55.4 Å². The number of carboxylic acid groups (broad SMARTS) is 1. The number of carbonyl (C=O) groups is 3. The van der Waals surface area contributed by atoms with E-state index in [1.165, 1.54) is 16.7 Å². The van der Waals surface area contributed by atoms with Crippen molar-refractivity contribution >= 4 is 35.2 Å². The van der Waals surface area contributed by atoms with E-state index in [1.807, 2.05) is 32.0 Å². The fourth-order valence-electron chi connectivity index (χ4n) is 2.66. The van der Waals surface area contributed by atoms with E-state index in [4.69, 9.17) is 5.11 Å². The van der Waals surface area contributed by atoms with E-state index in [-0.39, 0.29) is 17.3 Å². The lowest BCUT2D eigenvalue weighted by Gasteiger charge is -2.23. The normalized spacial score (nSPS) is 16.2. The average Bonchev–Trinajstić information content (AvgIpc) is 3.15. The molecular formula is C18H18N4O4S. The lowest BCUT2D eigenvalue weighted by molar-refractivity contribution is -0.119. The van der Waals surface area contributed by atoms with Gasteiger partial charge in [0.1, 0.15) is 11.7 Å². The van der Waals surface area contributed by atoms with E-state index in [0.717, 1.165) is 29.2 Å². The summed E-state index contributed by atoms with van der Waals surface area (Å²) < 4.78 is 0. The van der Waals surface area contributed by atoms with Gasteiger partial charge in [0.15, 0.2) is 5.69 Å². The number of amides is 2. The quantitative estimate of drug-likeness (QED) is 0.826. The first kappa shape index (κ1) is 18.8. The van der Waals surface area contributed by atoms with Crippen molar-refractivity contribution in [2.45, 2.75) is 19.9 Å². The van der Waals surface area contributed by atoms with Crippen LogP contribution in [0, 0.1) is 13.8 Å². The first-order chi connectivity index (χ1) is 12.9. The molecule has 1 atom stereocenters. The molecule has 1 aromatic heterocycles. The molecule has 1 saturated heterocycles. The number of carboxylic acids is 1. The molecule has 0 spiro atoms. The van der Waals surface area contributed by atoms with Crippen LogP contribution in [0.1, 0.15) is 32.1 Å². The zero-order valence-corrected chi connectivity index (χ0v) is 15.6. The summed E-state index contributed by atoms with van der Waals surface area (Å²) in [6.45, 7) is 3.89. The van der Waals surface area contributed by atoms with Crippen LogP contribution >= 0.6 is 11.8 Å². The Balaban J connectivity index is 1.76. The highest BCUT2D eigenvalue weighted by molar-refractivity contribution is 7.99. The van der Waals surface area contributed by atoms with Gasteiger partial charge in [-0.15, -0.1) is 11.8 Å². The minimum atomic E-state index is -1.22. The number of hydrogen-bond donors (Lipinski definition) is 2. The van der Waals surface area contributed by atoms with Crippen LogP contribution in [0.5, 0.6) is 0 Å². The number of hydrogen-bond acceptors (Lipinski definition) is 6. The molecule has 27 heavy (non-hydrogen) atoms. The molecule has 1 aliphatic rings. The second-order valence-corrected chi connectivity index (χ2v) is 7.12. The van der Waals surface area contributed by atoms with Crippen molar-refractivity contribution in [2.24, 2.45) is 0 Å². The molecule has 0 aliphatic carbocycles. The average molecular weight is 386 g/mol. The third-order valence-electron chi connectivity index (χ3n) is 4.40. The Hall–Kier alpha value is -2.94. The third-order valence-corrected chi connectivity index (χ3v) is 5.41. The van der Waals surface area contributed by atoms with Crippen molar-refractivity contribution in [3.63, 3.8) is 0 Å². The predicted molar refractivity (Wildman–Crippen MR) is 101 cm³/mol. The van der Waals surface area contributed by atoms with E-state index in [9.17, 15) is 14.4 Å². The molecule has 0 bridgehead atoms. The van der Waals surface area contributed by atoms with Crippen molar-refractivity contribution in [2.75, 3.05) is 16.9 Å². The van der Waals surface area contributed by atoms with Gasteiger partial charge in [0, 0.05) is 11.4 Å². The molecule has 1 fully saturated rings. The summed E-state index contributed by atoms with van der Waals surface area (Å²) in [6, 6.07) is 5.02. The number of aryl methyl sites for hydroxylation is 1. The maximum Gasteiger partial charge on any atom is 0.356 e. The van der Waals surface area contributed by atoms with E-state index in [0.29, 0.717) is 11.6 Å². The minimum absolute atomic E-state index is 0.00651. The largest absolute Gasteiger partial charge is 0.476 e. The van der Waals surface area contributed by atoms with Crippen LogP contribution in [0.25, 0.3) is 0 Å². The second-order valence-electron chi connectivity index (χ2n) is 6.12. The van der Waals surface area contributed by atoms with Crippen molar-refractivity contribution in [3.05, 3.63) is 53.1 Å². The van der Waals surface area contributed by atoms with Crippen molar-refractivity contribution < 1.29 is 19.5 Å². The molecule has 2 aromatic rings. The number of anilines is 1. The van der Waals surface area contributed by atoms with Gasteiger partial charge in [-0.1, -0.05) is 12.1 Å². The molecule has 1 aliphatic heterocycles. The van der Waals surface area contributed by atoms with Crippen LogP contribution in [0.3, 0.4) is 0 Å². The topological polar surface area (TPSA) is 112 Å². The number of nitrogens with zero attached hydrogens (tertiary/aromatic N) is 3. The monoisotopic (exact) mass is 386 g/mol. The number of rotatable bonds is 4. The lowest BCUT2D eigenvalue weighted by Crippen LogP contribution is -2.44. The van der Waals surface area contributed by atoms with Crippen LogP contribution in [0.4, 0.5) is 5.69 Å². The molecule has 3 rings (SSSR count). The Kier molecular flexibility index (Phi) is 5.41. The van der Waals surface area contributed by atoms with Gasteiger partial charge >= 0.3 is 5.97 Å². The predicted octanol–water partition coefficient (Wildman–Crippen LogP) is 1.95.